The lowest BCUT2D eigenvalue weighted by atomic mass is 10.2. The summed E-state index contributed by atoms with van der Waals surface area (Å²) in [6.45, 7) is 0. The van der Waals surface area contributed by atoms with E-state index in [2.05, 4.69) is 0 Å². The van der Waals surface area contributed by atoms with Gasteiger partial charge in [-0.1, -0.05) is 23.7 Å². The molecule has 0 radical (unpaired) electrons. The van der Waals surface area contributed by atoms with Gasteiger partial charge in [-0.2, -0.15) is 0 Å². The first-order valence-electron chi connectivity index (χ1n) is 3.47. The third-order valence-corrected chi connectivity index (χ3v) is 2.08. The maximum absolute atomic E-state index is 10.5. The molecule has 0 aliphatic rings. The minimum atomic E-state index is -4.07. The predicted octanol–water partition coefficient (Wildman–Crippen LogP) is 2.49. The highest BCUT2D eigenvalue weighted by atomic mass is 35.5. The normalized spacial score (nSPS) is 12.2. The molecule has 0 aliphatic carbocycles. The lowest BCUT2D eigenvalue weighted by Gasteiger charge is -1.95. The number of hydrogen-bond donors (Lipinski definition) is 2. The van der Waals surface area contributed by atoms with Crippen LogP contribution in [0.4, 0.5) is 0 Å². The van der Waals surface area contributed by atoms with Gasteiger partial charge in [0, 0.05) is 10.8 Å². The van der Waals surface area contributed by atoms with Gasteiger partial charge in [0.05, 0.1) is 0 Å². The van der Waals surface area contributed by atoms with E-state index in [4.69, 9.17) is 21.4 Å². The van der Waals surface area contributed by atoms with Crippen LogP contribution in [0.3, 0.4) is 0 Å². The third kappa shape index (κ3) is 4.25. The summed E-state index contributed by atoms with van der Waals surface area (Å²) in [5.74, 6) is 0.846. The monoisotopic (exact) mass is 218 g/mol. The fourth-order valence-electron chi connectivity index (χ4n) is 0.793. The molecule has 0 heterocycles. The fraction of sp³-hybridized carbons (Fsp3) is 0. The summed E-state index contributed by atoms with van der Waals surface area (Å²) in [6.07, 6.45) is 1.34. The quantitative estimate of drug-likeness (QED) is 0.750. The SMILES string of the molecule is O=P(O)(O)C=Cc1cccc(Cl)c1. The van der Waals surface area contributed by atoms with E-state index < -0.39 is 7.60 Å². The molecule has 0 aromatic heterocycles. The largest absolute Gasteiger partial charge is 0.349 e. The van der Waals surface area contributed by atoms with Gasteiger partial charge in [-0.05, 0) is 23.8 Å². The highest BCUT2D eigenvalue weighted by molar-refractivity contribution is 7.55. The van der Waals surface area contributed by atoms with Crippen LogP contribution in [0, 0.1) is 0 Å². The summed E-state index contributed by atoms with van der Waals surface area (Å²) >= 11 is 5.67. The van der Waals surface area contributed by atoms with Crippen LogP contribution in [-0.2, 0) is 4.57 Å². The number of halogens is 1. The first kappa shape index (κ1) is 10.5. The first-order valence-corrected chi connectivity index (χ1v) is 5.53. The van der Waals surface area contributed by atoms with Gasteiger partial charge in [-0.3, -0.25) is 4.57 Å². The molecular formula is C8H8ClO3P. The zero-order valence-corrected chi connectivity index (χ0v) is 8.24. The van der Waals surface area contributed by atoms with E-state index in [1.54, 1.807) is 24.3 Å². The van der Waals surface area contributed by atoms with Crippen LogP contribution in [0.15, 0.2) is 30.1 Å². The van der Waals surface area contributed by atoms with Crippen molar-refractivity contribution in [2.75, 3.05) is 0 Å². The summed E-state index contributed by atoms with van der Waals surface area (Å²) in [7, 11) is -4.07. The zero-order chi connectivity index (χ0) is 9.90. The predicted molar refractivity (Wildman–Crippen MR) is 52.5 cm³/mol. The van der Waals surface area contributed by atoms with Crippen LogP contribution in [-0.4, -0.2) is 9.79 Å². The van der Waals surface area contributed by atoms with Gasteiger partial charge in [0.25, 0.3) is 0 Å². The van der Waals surface area contributed by atoms with Crippen LogP contribution in [0.5, 0.6) is 0 Å². The van der Waals surface area contributed by atoms with Crippen molar-refractivity contribution < 1.29 is 14.4 Å². The first-order chi connectivity index (χ1) is 5.97. The molecule has 0 fully saturated rings. The van der Waals surface area contributed by atoms with Crippen molar-refractivity contribution in [3.05, 3.63) is 40.7 Å². The van der Waals surface area contributed by atoms with E-state index in [0.29, 0.717) is 10.6 Å². The van der Waals surface area contributed by atoms with Gasteiger partial charge in [-0.25, -0.2) is 0 Å². The van der Waals surface area contributed by atoms with Gasteiger partial charge in [0.2, 0.25) is 0 Å². The molecular weight excluding hydrogens is 211 g/mol. The van der Waals surface area contributed by atoms with Crippen LogP contribution >= 0.6 is 19.2 Å². The van der Waals surface area contributed by atoms with Crippen LogP contribution in [0.25, 0.3) is 6.08 Å². The minimum absolute atomic E-state index is 0.535. The molecule has 13 heavy (non-hydrogen) atoms. The molecule has 1 rings (SSSR count). The van der Waals surface area contributed by atoms with E-state index in [9.17, 15) is 4.57 Å². The summed E-state index contributed by atoms with van der Waals surface area (Å²) in [6, 6.07) is 6.73. The second-order valence-corrected chi connectivity index (χ2v) is 4.37. The Morgan fingerprint density at radius 3 is 2.62 bits per heavy atom. The van der Waals surface area contributed by atoms with Gasteiger partial charge >= 0.3 is 7.60 Å². The summed E-state index contributed by atoms with van der Waals surface area (Å²) < 4.78 is 10.5. The summed E-state index contributed by atoms with van der Waals surface area (Å²) in [5, 5.41) is 0.535. The fourth-order valence-corrected chi connectivity index (χ4v) is 1.36. The molecule has 0 amide bonds. The Kier molecular flexibility index (Phi) is 3.28. The molecule has 0 aliphatic heterocycles. The lowest BCUT2D eigenvalue weighted by molar-refractivity contribution is 0.386. The van der Waals surface area contributed by atoms with Gasteiger partial charge in [0.1, 0.15) is 0 Å². The second-order valence-electron chi connectivity index (χ2n) is 2.46. The smallest absolute Gasteiger partial charge is 0.321 e. The Morgan fingerprint density at radius 1 is 1.38 bits per heavy atom. The van der Waals surface area contributed by atoms with Crippen LogP contribution in [0.1, 0.15) is 5.56 Å². The van der Waals surface area contributed by atoms with E-state index in [1.165, 1.54) is 6.08 Å². The van der Waals surface area contributed by atoms with Gasteiger partial charge in [0.15, 0.2) is 0 Å². The van der Waals surface area contributed by atoms with Gasteiger partial charge in [-0.15, -0.1) is 0 Å². The standard InChI is InChI=1S/C8H8ClO3P/c9-8-3-1-2-7(6-8)4-5-13(10,11)12/h1-6H,(H2,10,11,12). The van der Waals surface area contributed by atoms with Crippen molar-refractivity contribution in [3.63, 3.8) is 0 Å². The highest BCUT2D eigenvalue weighted by Crippen LogP contribution is 2.36. The molecule has 1 aromatic rings. The summed E-state index contributed by atoms with van der Waals surface area (Å²) in [5.41, 5.74) is 0.663. The Labute approximate surface area is 80.8 Å². The molecule has 5 heteroatoms. The van der Waals surface area contributed by atoms with E-state index in [1.807, 2.05) is 0 Å². The van der Waals surface area contributed by atoms with Crippen LogP contribution < -0.4 is 0 Å². The third-order valence-electron chi connectivity index (χ3n) is 1.31. The minimum Gasteiger partial charge on any atom is -0.321 e. The lowest BCUT2D eigenvalue weighted by Crippen LogP contribution is -1.72. The van der Waals surface area contributed by atoms with Crippen molar-refractivity contribution in [1.29, 1.82) is 0 Å². The molecule has 0 bridgehead atoms. The average molecular weight is 219 g/mol. The molecule has 70 valence electrons. The van der Waals surface area contributed by atoms with Gasteiger partial charge < -0.3 is 9.79 Å². The average Bonchev–Trinajstić information content (AvgIpc) is 2.00. The molecule has 0 saturated heterocycles. The molecule has 3 nitrogen and oxygen atoms in total. The molecule has 0 spiro atoms. The number of benzene rings is 1. The number of rotatable bonds is 2. The number of hydrogen-bond acceptors (Lipinski definition) is 1. The highest BCUT2D eigenvalue weighted by Gasteiger charge is 2.04. The molecule has 0 atom stereocenters. The maximum atomic E-state index is 10.5. The van der Waals surface area contributed by atoms with E-state index >= 15 is 0 Å². The molecule has 2 N–H and O–H groups in total. The summed E-state index contributed by atoms with van der Waals surface area (Å²) in [4.78, 5) is 17.1. The van der Waals surface area contributed by atoms with E-state index in [-0.39, 0.29) is 0 Å². The van der Waals surface area contributed by atoms with Crippen molar-refractivity contribution in [2.24, 2.45) is 0 Å². The van der Waals surface area contributed by atoms with Crippen molar-refractivity contribution in [2.45, 2.75) is 0 Å². The maximum Gasteiger partial charge on any atom is 0.349 e. The Bertz CT molecular complexity index is 369. The van der Waals surface area contributed by atoms with Crippen molar-refractivity contribution in [1.82, 2.24) is 0 Å². The Hall–Kier alpha value is -0.600. The Morgan fingerprint density at radius 2 is 2.08 bits per heavy atom. The molecule has 0 unspecified atom stereocenters. The molecule has 0 saturated carbocycles. The molecule has 1 aromatic carbocycles. The van der Waals surface area contributed by atoms with Crippen LogP contribution in [0.2, 0.25) is 5.02 Å². The zero-order valence-electron chi connectivity index (χ0n) is 6.59. The van der Waals surface area contributed by atoms with Crippen molar-refractivity contribution in [3.8, 4) is 0 Å². The van der Waals surface area contributed by atoms with Crippen molar-refractivity contribution >= 4 is 25.3 Å². The van der Waals surface area contributed by atoms with E-state index in [0.717, 1.165) is 5.82 Å². The Balaban J connectivity index is 2.87. The second kappa shape index (κ2) is 4.07. The topological polar surface area (TPSA) is 57.5 Å².